The topological polar surface area (TPSA) is 57.5 Å². The molecule has 0 saturated heterocycles. The van der Waals surface area contributed by atoms with Gasteiger partial charge in [-0.2, -0.15) is 0 Å². The Kier molecular flexibility index (Phi) is 13.7. The first-order valence-corrected chi connectivity index (χ1v) is 14.7. The predicted molar refractivity (Wildman–Crippen MR) is 114 cm³/mol. The molecule has 6 heteroatoms. The van der Waals surface area contributed by atoms with Gasteiger partial charge in [-0.05, 0) is 0 Å². The van der Waals surface area contributed by atoms with Crippen molar-refractivity contribution < 1.29 is 14.4 Å². The molecule has 0 amide bonds. The van der Waals surface area contributed by atoms with Gasteiger partial charge < -0.3 is 0 Å². The highest BCUT2D eigenvalue weighted by atomic mass is 31.1. The van der Waals surface area contributed by atoms with Gasteiger partial charge in [-0.1, -0.05) is 100 Å². The van der Waals surface area contributed by atoms with Crippen LogP contribution in [-0.2, 0) is 4.57 Å². The third-order valence-electron chi connectivity index (χ3n) is 5.20. The molecule has 0 fully saturated rings. The summed E-state index contributed by atoms with van der Waals surface area (Å²) in [5.74, 6) is 4.94. The van der Waals surface area contributed by atoms with Gasteiger partial charge in [0, 0.05) is 4.57 Å². The molecule has 0 aromatic carbocycles. The van der Waals surface area contributed by atoms with Gasteiger partial charge in [-0.25, -0.2) is 0 Å². The van der Waals surface area contributed by atoms with E-state index in [1.54, 1.807) is 0 Å². The second kappa shape index (κ2) is 11.0. The molecule has 0 rings (SSSR count). The minimum absolute atomic E-state index is 0.579. The summed E-state index contributed by atoms with van der Waals surface area (Å²) in [5, 5.41) is 0. The second-order valence-corrected chi connectivity index (χ2v) is 21.5. The lowest BCUT2D eigenvalue weighted by molar-refractivity contribution is 0.405. The summed E-state index contributed by atoms with van der Waals surface area (Å²) >= 11 is -1.16. The fraction of sp³-hybridized carbons (Fsp3) is 1.00. The van der Waals surface area contributed by atoms with Gasteiger partial charge in [0.1, 0.15) is 0 Å². The van der Waals surface area contributed by atoms with Crippen LogP contribution in [0, 0.1) is 0 Å². The van der Waals surface area contributed by atoms with Crippen molar-refractivity contribution in [3.8, 4) is 0 Å². The van der Waals surface area contributed by atoms with E-state index in [9.17, 15) is 0 Å². The minimum Gasteiger partial charge on any atom is -0.134 e. The summed E-state index contributed by atoms with van der Waals surface area (Å²) in [6, 6.07) is 0. The molecule has 0 aliphatic heterocycles. The van der Waals surface area contributed by atoms with Crippen LogP contribution in [0.3, 0.4) is 0 Å². The Morgan fingerprint density at radius 1 is 0.542 bits per heavy atom. The van der Waals surface area contributed by atoms with Crippen LogP contribution >= 0.6 is 8.25 Å². The van der Waals surface area contributed by atoms with E-state index in [1.165, 1.54) is 0 Å². The van der Waals surface area contributed by atoms with E-state index in [2.05, 4.69) is 94.7 Å². The number of hydrogen-bond donors (Lipinski definition) is 2. The van der Waals surface area contributed by atoms with E-state index in [0.717, 1.165) is 0 Å². The normalized spacial score (nSPS) is 12.3. The van der Waals surface area contributed by atoms with Crippen molar-refractivity contribution >= 4 is 36.6 Å². The van der Waals surface area contributed by atoms with E-state index in [-0.39, 0.29) is 0 Å². The molecule has 0 atom stereocenters. The lowest BCUT2D eigenvalue weighted by Gasteiger charge is -2.33. The fourth-order valence-corrected chi connectivity index (χ4v) is 7.79. The Morgan fingerprint density at radius 2 is 0.625 bits per heavy atom. The predicted octanol–water partition coefficient (Wildman–Crippen LogP) is 7.05. The smallest absolute Gasteiger partial charge is 0.134 e. The Balaban J connectivity index is -0.000000301. The molecule has 0 saturated carbocycles. The van der Waals surface area contributed by atoms with Gasteiger partial charge in [0.15, 0.2) is 0 Å². The summed E-state index contributed by atoms with van der Waals surface area (Å²) in [6.07, 6.45) is 0. The van der Waals surface area contributed by atoms with Crippen LogP contribution in [0.4, 0.5) is 0 Å². The Labute approximate surface area is 162 Å². The van der Waals surface area contributed by atoms with Gasteiger partial charge in [-0.3, -0.25) is 0 Å². The van der Waals surface area contributed by atoms with Crippen LogP contribution in [-0.4, -0.2) is 38.1 Å². The maximum atomic E-state index is 8.70. The molecule has 0 heterocycles. The summed E-state index contributed by atoms with van der Waals surface area (Å²) < 4.78 is 11.0. The molecule has 0 aromatic rings. The van der Waals surface area contributed by atoms with Crippen molar-refractivity contribution in [3.05, 3.63) is 0 Å². The molecular weight excluding hydrogens is 349 g/mol. The Hall–Kier alpha value is 1.08. The van der Waals surface area contributed by atoms with Crippen LogP contribution in [0.1, 0.15) is 83.1 Å². The molecule has 0 bridgehead atoms. The quantitative estimate of drug-likeness (QED) is 0.342. The van der Waals surface area contributed by atoms with Gasteiger partial charge in [0.05, 0.1) is 0 Å². The number of rotatable bonds is 0. The van der Waals surface area contributed by atoms with E-state index < -0.39 is 36.6 Å². The van der Waals surface area contributed by atoms with Crippen LogP contribution in [0.15, 0.2) is 0 Å². The molecule has 144 valence electrons. The first-order chi connectivity index (χ1) is 10.0. The molecule has 0 radical (unpaired) electrons. The third-order valence-corrected chi connectivity index (χ3v) is 15.6. The SMILES string of the molecule is O=[P+](O)O.[CH3][Al]([C](C)(C)C)[C](C)(C)C.[CH3][Al]([C](C)(C)C)[C](C)(C)C. The minimum atomic E-state index is -2.87. The van der Waals surface area contributed by atoms with Crippen molar-refractivity contribution in [3.63, 3.8) is 0 Å². The summed E-state index contributed by atoms with van der Waals surface area (Å²) in [4.78, 5) is 14.2. The molecule has 0 aliphatic carbocycles. The van der Waals surface area contributed by atoms with E-state index in [1.807, 2.05) is 0 Å². The van der Waals surface area contributed by atoms with Crippen molar-refractivity contribution in [2.75, 3.05) is 0 Å². The molecule has 3 nitrogen and oxygen atoms in total. The summed E-state index contributed by atoms with van der Waals surface area (Å²) in [6.45, 7) is 28.4. The third kappa shape index (κ3) is 17.9. The Morgan fingerprint density at radius 3 is 0.625 bits per heavy atom. The standard InChI is InChI=1S/4C4H9.2CH3.2Al.HO3P/c4*1-4(2)3;;;;;1-4(2)3/h4*1-3H3;2*1H3;;;(H-,1,2,3)/p+1. The molecule has 0 unspecified atom stereocenters. The monoisotopic (exact) mass is 393 g/mol. The first-order valence-electron chi connectivity index (χ1n) is 8.89. The second-order valence-electron chi connectivity index (χ2n) is 11.2. The van der Waals surface area contributed by atoms with E-state index >= 15 is 0 Å². The zero-order valence-electron chi connectivity index (χ0n) is 18.9. The van der Waals surface area contributed by atoms with Crippen LogP contribution in [0.25, 0.3) is 0 Å². The summed E-state index contributed by atoms with van der Waals surface area (Å²) in [5.41, 5.74) is 0. The fourth-order valence-electron chi connectivity index (χ4n) is 2.60. The molecule has 0 aromatic heterocycles. The number of hydrogen-bond acceptors (Lipinski definition) is 1. The molecular formula is C18H44Al2O3P+. The van der Waals surface area contributed by atoms with Crippen molar-refractivity contribution in [2.24, 2.45) is 0 Å². The average Bonchev–Trinajstić information content (AvgIpc) is 2.22. The van der Waals surface area contributed by atoms with Gasteiger partial charge in [0.25, 0.3) is 28.3 Å². The highest BCUT2D eigenvalue weighted by Gasteiger charge is 2.37. The van der Waals surface area contributed by atoms with Gasteiger partial charge >= 0.3 is 8.25 Å². The molecule has 0 aliphatic rings. The zero-order valence-corrected chi connectivity index (χ0v) is 22.1. The van der Waals surface area contributed by atoms with Gasteiger partial charge in [-0.15, -0.1) is 21.4 Å². The van der Waals surface area contributed by atoms with Crippen molar-refractivity contribution in [1.29, 1.82) is 0 Å². The maximum absolute atomic E-state index is 8.70. The molecule has 2 N–H and O–H groups in total. The first kappa shape index (κ1) is 29.8. The maximum Gasteiger partial charge on any atom is 0.692 e. The highest BCUT2D eigenvalue weighted by Crippen LogP contribution is 2.42. The Bertz CT molecular complexity index is 296. The van der Waals surface area contributed by atoms with E-state index in [4.69, 9.17) is 14.4 Å². The van der Waals surface area contributed by atoms with E-state index in [0.29, 0.717) is 17.1 Å². The van der Waals surface area contributed by atoms with Crippen molar-refractivity contribution in [2.45, 2.75) is 112 Å². The highest BCUT2D eigenvalue weighted by molar-refractivity contribution is 7.30. The lowest BCUT2D eigenvalue weighted by Crippen LogP contribution is -2.31. The van der Waals surface area contributed by atoms with Crippen LogP contribution in [0.5, 0.6) is 0 Å². The molecule has 0 spiro atoms. The summed E-state index contributed by atoms with van der Waals surface area (Å²) in [7, 11) is -2.87. The molecule has 24 heavy (non-hydrogen) atoms. The van der Waals surface area contributed by atoms with Crippen LogP contribution in [0.2, 0.25) is 28.7 Å². The average molecular weight is 393 g/mol. The van der Waals surface area contributed by atoms with Gasteiger partial charge in [0.2, 0.25) is 0 Å². The lowest BCUT2D eigenvalue weighted by atomic mass is 10.2. The largest absolute Gasteiger partial charge is 0.692 e. The zero-order chi connectivity index (χ0) is 20.7. The van der Waals surface area contributed by atoms with Crippen LogP contribution < -0.4 is 0 Å². The van der Waals surface area contributed by atoms with Crippen molar-refractivity contribution in [1.82, 2.24) is 0 Å².